The van der Waals surface area contributed by atoms with Gasteiger partial charge >= 0.3 is 0 Å². The number of pyridine rings is 1. The Labute approximate surface area is 111 Å². The van der Waals surface area contributed by atoms with Gasteiger partial charge in [0, 0.05) is 6.20 Å². The summed E-state index contributed by atoms with van der Waals surface area (Å²) in [5.74, 6) is 1.62. The van der Waals surface area contributed by atoms with Crippen molar-refractivity contribution in [2.75, 3.05) is 19.7 Å². The van der Waals surface area contributed by atoms with E-state index in [0.717, 1.165) is 37.8 Å². The number of hydrogen-bond donors (Lipinski definition) is 1. The third-order valence-electron chi connectivity index (χ3n) is 2.70. The average molecular weight is 250 g/mol. The van der Waals surface area contributed by atoms with Crippen molar-refractivity contribution >= 4 is 0 Å². The zero-order valence-corrected chi connectivity index (χ0v) is 11.7. The fourth-order valence-electron chi connectivity index (χ4n) is 1.72. The van der Waals surface area contributed by atoms with Crippen LogP contribution in [0.25, 0.3) is 0 Å². The van der Waals surface area contributed by atoms with Crippen molar-refractivity contribution in [3.63, 3.8) is 0 Å². The normalized spacial score (nSPS) is 10.8. The smallest absolute Gasteiger partial charge is 0.137 e. The van der Waals surface area contributed by atoms with Crippen LogP contribution in [0.2, 0.25) is 0 Å². The Morgan fingerprint density at radius 2 is 2.06 bits per heavy atom. The van der Waals surface area contributed by atoms with E-state index in [-0.39, 0.29) is 0 Å². The topological polar surface area (TPSA) is 34.1 Å². The Morgan fingerprint density at radius 1 is 1.22 bits per heavy atom. The summed E-state index contributed by atoms with van der Waals surface area (Å²) in [6.07, 6.45) is 8.43. The minimum absolute atomic E-state index is 0.748. The summed E-state index contributed by atoms with van der Waals surface area (Å²) in [4.78, 5) is 4.01. The predicted octanol–water partition coefficient (Wildman–Crippen LogP) is 3.27. The number of unbranched alkanes of at least 4 members (excludes halogenated alkanes) is 3. The monoisotopic (exact) mass is 250 g/mol. The molecule has 0 saturated carbocycles. The lowest BCUT2D eigenvalue weighted by molar-refractivity contribution is 0.303. The number of hydrogen-bond acceptors (Lipinski definition) is 3. The number of ether oxygens (including phenoxy) is 1. The van der Waals surface area contributed by atoms with Crippen molar-refractivity contribution in [1.82, 2.24) is 10.3 Å². The molecule has 0 atom stereocenters. The lowest BCUT2D eigenvalue weighted by atomic mass is 10.2. The van der Waals surface area contributed by atoms with Gasteiger partial charge in [-0.3, -0.25) is 4.98 Å². The van der Waals surface area contributed by atoms with E-state index in [1.54, 1.807) is 12.4 Å². The van der Waals surface area contributed by atoms with Crippen LogP contribution in [0, 0.1) is 5.92 Å². The van der Waals surface area contributed by atoms with Crippen molar-refractivity contribution in [3.8, 4) is 5.75 Å². The van der Waals surface area contributed by atoms with Gasteiger partial charge in [0.15, 0.2) is 0 Å². The van der Waals surface area contributed by atoms with Gasteiger partial charge in [-0.15, -0.1) is 0 Å². The first-order valence-corrected chi connectivity index (χ1v) is 7.02. The number of nitrogens with zero attached hydrogens (tertiary/aromatic N) is 1. The first kappa shape index (κ1) is 15.0. The van der Waals surface area contributed by atoms with Crippen molar-refractivity contribution in [1.29, 1.82) is 0 Å². The molecule has 0 saturated heterocycles. The van der Waals surface area contributed by atoms with E-state index in [2.05, 4.69) is 24.1 Å². The summed E-state index contributed by atoms with van der Waals surface area (Å²) in [5.41, 5.74) is 0. The van der Waals surface area contributed by atoms with Crippen molar-refractivity contribution in [3.05, 3.63) is 24.5 Å². The van der Waals surface area contributed by atoms with Crippen LogP contribution in [0.4, 0.5) is 0 Å². The Morgan fingerprint density at radius 3 is 2.78 bits per heavy atom. The van der Waals surface area contributed by atoms with Crippen LogP contribution in [0.3, 0.4) is 0 Å². The zero-order valence-electron chi connectivity index (χ0n) is 11.7. The van der Waals surface area contributed by atoms with E-state index in [1.807, 2.05) is 12.1 Å². The molecule has 1 aromatic heterocycles. The third-order valence-corrected chi connectivity index (χ3v) is 2.70. The molecule has 0 unspecified atom stereocenters. The molecule has 1 aromatic rings. The molecule has 0 aliphatic heterocycles. The molecule has 0 spiro atoms. The van der Waals surface area contributed by atoms with Gasteiger partial charge in [-0.05, 0) is 44.0 Å². The first-order chi connectivity index (χ1) is 8.79. The summed E-state index contributed by atoms with van der Waals surface area (Å²) in [5, 5.41) is 3.46. The van der Waals surface area contributed by atoms with Gasteiger partial charge in [0.1, 0.15) is 5.75 Å². The average Bonchev–Trinajstić information content (AvgIpc) is 2.37. The second-order valence-electron chi connectivity index (χ2n) is 5.05. The fraction of sp³-hybridized carbons (Fsp3) is 0.667. The molecule has 0 amide bonds. The lowest BCUT2D eigenvalue weighted by Gasteiger charge is -2.07. The van der Waals surface area contributed by atoms with E-state index in [9.17, 15) is 0 Å². The maximum atomic E-state index is 5.59. The maximum Gasteiger partial charge on any atom is 0.137 e. The van der Waals surface area contributed by atoms with Gasteiger partial charge in [-0.25, -0.2) is 0 Å². The highest BCUT2D eigenvalue weighted by atomic mass is 16.5. The van der Waals surface area contributed by atoms with Gasteiger partial charge in [-0.1, -0.05) is 26.7 Å². The lowest BCUT2D eigenvalue weighted by Crippen LogP contribution is -2.20. The van der Waals surface area contributed by atoms with Crippen LogP contribution in [0.1, 0.15) is 39.5 Å². The van der Waals surface area contributed by atoms with Crippen molar-refractivity contribution in [2.45, 2.75) is 39.5 Å². The van der Waals surface area contributed by atoms with Gasteiger partial charge in [-0.2, -0.15) is 0 Å². The quantitative estimate of drug-likeness (QED) is 0.647. The highest BCUT2D eigenvalue weighted by molar-refractivity contribution is 5.15. The molecule has 1 heterocycles. The Balaban J connectivity index is 1.84. The van der Waals surface area contributed by atoms with Crippen LogP contribution in [-0.4, -0.2) is 24.7 Å². The van der Waals surface area contributed by atoms with Gasteiger partial charge in [0.25, 0.3) is 0 Å². The molecular formula is C15H26N2O. The fourth-order valence-corrected chi connectivity index (χ4v) is 1.72. The third kappa shape index (κ3) is 8.07. The predicted molar refractivity (Wildman–Crippen MR) is 75.9 cm³/mol. The molecule has 3 heteroatoms. The highest BCUT2D eigenvalue weighted by Gasteiger charge is 1.95. The number of nitrogens with one attached hydrogen (secondary N) is 1. The summed E-state index contributed by atoms with van der Waals surface area (Å²) in [6.45, 7) is 7.54. The largest absolute Gasteiger partial charge is 0.492 e. The van der Waals surface area contributed by atoms with Gasteiger partial charge < -0.3 is 10.1 Å². The molecule has 0 aliphatic carbocycles. The summed E-state index contributed by atoms with van der Waals surface area (Å²) < 4.78 is 5.59. The van der Waals surface area contributed by atoms with Crippen molar-refractivity contribution in [2.24, 2.45) is 5.92 Å². The van der Waals surface area contributed by atoms with Crippen LogP contribution in [0.15, 0.2) is 24.5 Å². The molecule has 3 nitrogen and oxygen atoms in total. The standard InChI is InChI=1S/C15H26N2O/c1-14(2)12-16-9-5-3-4-6-11-18-15-8-7-10-17-13-15/h7-8,10,13-14,16H,3-6,9,11-12H2,1-2H3. The van der Waals surface area contributed by atoms with Crippen LogP contribution >= 0.6 is 0 Å². The maximum absolute atomic E-state index is 5.59. The van der Waals surface area contributed by atoms with E-state index in [1.165, 1.54) is 19.3 Å². The number of aromatic nitrogens is 1. The van der Waals surface area contributed by atoms with E-state index in [4.69, 9.17) is 4.74 Å². The highest BCUT2D eigenvalue weighted by Crippen LogP contribution is 2.07. The minimum Gasteiger partial charge on any atom is -0.492 e. The van der Waals surface area contributed by atoms with Crippen LogP contribution in [0.5, 0.6) is 5.75 Å². The van der Waals surface area contributed by atoms with Gasteiger partial charge in [0.2, 0.25) is 0 Å². The SMILES string of the molecule is CC(C)CNCCCCCCOc1cccnc1. The Kier molecular flexibility index (Phi) is 8.23. The second-order valence-corrected chi connectivity index (χ2v) is 5.05. The Hall–Kier alpha value is -1.09. The van der Waals surface area contributed by atoms with E-state index >= 15 is 0 Å². The Bertz CT molecular complexity index is 288. The van der Waals surface area contributed by atoms with Crippen LogP contribution < -0.4 is 10.1 Å². The summed E-state index contributed by atoms with van der Waals surface area (Å²) in [7, 11) is 0. The molecule has 0 fully saturated rings. The van der Waals surface area contributed by atoms with Crippen molar-refractivity contribution < 1.29 is 4.74 Å². The molecule has 0 radical (unpaired) electrons. The van der Waals surface area contributed by atoms with E-state index < -0.39 is 0 Å². The molecule has 0 bridgehead atoms. The number of rotatable bonds is 10. The molecule has 1 N–H and O–H groups in total. The van der Waals surface area contributed by atoms with E-state index in [0.29, 0.717) is 0 Å². The minimum atomic E-state index is 0.748. The first-order valence-electron chi connectivity index (χ1n) is 7.02. The summed E-state index contributed by atoms with van der Waals surface area (Å²) >= 11 is 0. The van der Waals surface area contributed by atoms with Gasteiger partial charge in [0.05, 0.1) is 12.8 Å². The zero-order chi connectivity index (χ0) is 13.1. The molecular weight excluding hydrogens is 224 g/mol. The summed E-state index contributed by atoms with van der Waals surface area (Å²) in [6, 6.07) is 3.85. The van der Waals surface area contributed by atoms with Crippen LogP contribution in [-0.2, 0) is 0 Å². The molecule has 18 heavy (non-hydrogen) atoms. The molecule has 0 aliphatic rings. The molecule has 1 rings (SSSR count). The molecule has 0 aromatic carbocycles. The molecule has 102 valence electrons. The second kappa shape index (κ2) is 9.89.